The zero-order valence-corrected chi connectivity index (χ0v) is 20.8. The van der Waals surface area contributed by atoms with Crippen molar-refractivity contribution in [3.63, 3.8) is 0 Å². The van der Waals surface area contributed by atoms with Crippen LogP contribution < -0.4 is 4.74 Å². The fourth-order valence-corrected chi connectivity index (χ4v) is 4.84. The van der Waals surface area contributed by atoms with E-state index >= 15 is 0 Å². The summed E-state index contributed by atoms with van der Waals surface area (Å²) < 4.78 is 6.23. The molecule has 0 aliphatic carbocycles. The lowest BCUT2D eigenvalue weighted by Crippen LogP contribution is -1.88. The maximum atomic E-state index is 11.3. The molecule has 0 aromatic heterocycles. The molecule has 0 unspecified atom stereocenters. The maximum Gasteiger partial charge on any atom is 0.240 e. The van der Waals surface area contributed by atoms with Gasteiger partial charge in [-0.25, -0.2) is 14.4 Å². The largest absolute Gasteiger partial charge is 0.457 e. The Morgan fingerprint density at radius 2 is 1.02 bits per heavy atom. The van der Waals surface area contributed by atoms with Gasteiger partial charge in [0, 0.05) is 5.56 Å². The molecule has 0 radical (unpaired) electrons. The fraction of sp³-hybridized carbons (Fsp3) is 0. The number of benzene rings is 6. The number of fused-ring (bicyclic) bond motifs is 3. The fourth-order valence-electron chi connectivity index (χ4n) is 4.84. The van der Waals surface area contributed by atoms with Crippen LogP contribution in [-0.4, -0.2) is 18.2 Å². The maximum absolute atomic E-state index is 11.3. The molecule has 40 heavy (non-hydrogen) atoms. The van der Waals surface area contributed by atoms with Gasteiger partial charge in [-0.15, -0.1) is 0 Å². The summed E-state index contributed by atoms with van der Waals surface area (Å²) in [5.74, 6) is 1.20. The second kappa shape index (κ2) is 10.4. The van der Waals surface area contributed by atoms with Crippen LogP contribution in [0.5, 0.6) is 11.5 Å². The average Bonchev–Trinajstić information content (AvgIpc) is 2.97. The van der Waals surface area contributed by atoms with Gasteiger partial charge in [0.05, 0.1) is 17.1 Å². The molecule has 0 aliphatic heterocycles. The Kier molecular flexibility index (Phi) is 6.35. The van der Waals surface area contributed by atoms with Crippen LogP contribution in [-0.2, 0) is 14.4 Å². The normalized spacial score (nSPS) is 10.5. The number of carbonyl (C=O) groups excluding carboxylic acids is 3. The van der Waals surface area contributed by atoms with Gasteiger partial charge < -0.3 is 4.74 Å². The van der Waals surface area contributed by atoms with Gasteiger partial charge in [-0.2, -0.15) is 15.0 Å². The van der Waals surface area contributed by atoms with Crippen LogP contribution in [0.25, 0.3) is 43.4 Å². The lowest BCUT2D eigenvalue weighted by Gasteiger charge is -2.13. The molecular formula is C33H17N3O4. The number of nitrogens with zero attached hydrogens (tertiary/aromatic N) is 3. The van der Waals surface area contributed by atoms with Gasteiger partial charge in [0.2, 0.25) is 18.2 Å². The Morgan fingerprint density at radius 1 is 0.475 bits per heavy atom. The van der Waals surface area contributed by atoms with Crippen molar-refractivity contribution in [2.75, 3.05) is 0 Å². The Morgan fingerprint density at radius 3 is 1.70 bits per heavy atom. The second-order valence-electron chi connectivity index (χ2n) is 8.99. The van der Waals surface area contributed by atoms with Crippen LogP contribution in [0.4, 0.5) is 17.1 Å². The number of ether oxygens (including phenoxy) is 1. The molecule has 0 spiro atoms. The highest BCUT2D eigenvalue weighted by atomic mass is 16.5. The zero-order chi connectivity index (χ0) is 27.5. The summed E-state index contributed by atoms with van der Waals surface area (Å²) in [7, 11) is 0. The smallest absolute Gasteiger partial charge is 0.240 e. The van der Waals surface area contributed by atoms with Gasteiger partial charge in [-0.3, -0.25) is 0 Å². The van der Waals surface area contributed by atoms with Crippen molar-refractivity contribution >= 4 is 67.6 Å². The number of isocyanates is 3. The lowest BCUT2D eigenvalue weighted by molar-refractivity contribution is 0.484. The van der Waals surface area contributed by atoms with Crippen molar-refractivity contribution in [2.24, 2.45) is 15.0 Å². The summed E-state index contributed by atoms with van der Waals surface area (Å²) in [6, 6.07) is 31.8. The molecule has 0 fully saturated rings. The first kappa shape index (κ1) is 24.4. The topological polar surface area (TPSA) is 97.5 Å². The first-order chi connectivity index (χ1) is 19.6. The third kappa shape index (κ3) is 4.70. The van der Waals surface area contributed by atoms with Crippen molar-refractivity contribution in [3.8, 4) is 22.6 Å². The molecule has 0 saturated heterocycles. The number of rotatable bonds is 6. The van der Waals surface area contributed by atoms with Crippen molar-refractivity contribution in [2.45, 2.75) is 0 Å². The number of aliphatic imine (C=N–C) groups is 3. The third-order valence-corrected chi connectivity index (χ3v) is 6.63. The molecule has 0 bridgehead atoms. The van der Waals surface area contributed by atoms with Gasteiger partial charge in [0.1, 0.15) is 11.5 Å². The molecule has 7 nitrogen and oxygen atoms in total. The Bertz CT molecular complexity index is 2120. The standard InChI is InChI=1S/C33H17N3O4/c37-18-34-27-8-3-21-1-2-24(13-25(21)14-27)33-31-17-30(11-6-23(31)7-12-32(33)36-20-39)40-29-10-5-22-4-9-28(35-19-38)15-26(22)16-29/h1-17H. The van der Waals surface area contributed by atoms with Gasteiger partial charge >= 0.3 is 0 Å². The summed E-state index contributed by atoms with van der Waals surface area (Å²) in [6.07, 6.45) is 4.80. The summed E-state index contributed by atoms with van der Waals surface area (Å²) >= 11 is 0. The predicted molar refractivity (Wildman–Crippen MR) is 154 cm³/mol. The van der Waals surface area contributed by atoms with Crippen LogP contribution in [0.15, 0.2) is 118 Å². The molecule has 0 amide bonds. The van der Waals surface area contributed by atoms with E-state index in [4.69, 9.17) is 4.74 Å². The molecule has 0 heterocycles. The van der Waals surface area contributed by atoms with E-state index in [2.05, 4.69) is 15.0 Å². The Labute approximate surface area is 227 Å². The van der Waals surface area contributed by atoms with E-state index in [0.29, 0.717) is 28.6 Å². The third-order valence-electron chi connectivity index (χ3n) is 6.63. The average molecular weight is 520 g/mol. The highest BCUT2D eigenvalue weighted by molar-refractivity contribution is 6.05. The van der Waals surface area contributed by atoms with E-state index in [-0.39, 0.29) is 0 Å². The van der Waals surface area contributed by atoms with Crippen LogP contribution in [0, 0.1) is 0 Å². The molecule has 0 aliphatic rings. The SMILES string of the molecule is O=C=Nc1ccc2ccc(Oc3ccc4ccc(N=C=O)c(-c5ccc6ccc(N=C=O)cc6c5)c4c3)cc2c1. The van der Waals surface area contributed by atoms with Crippen LogP contribution in [0.2, 0.25) is 0 Å². The van der Waals surface area contributed by atoms with Crippen molar-refractivity contribution in [1.29, 1.82) is 0 Å². The van der Waals surface area contributed by atoms with Crippen molar-refractivity contribution < 1.29 is 19.1 Å². The van der Waals surface area contributed by atoms with E-state index in [1.165, 1.54) is 0 Å². The monoisotopic (exact) mass is 519 g/mol. The van der Waals surface area contributed by atoms with E-state index in [1.54, 1.807) is 48.6 Å². The van der Waals surface area contributed by atoms with E-state index < -0.39 is 0 Å². The first-order valence-electron chi connectivity index (χ1n) is 12.2. The molecule has 0 saturated carbocycles. The van der Waals surface area contributed by atoms with Gasteiger partial charge in [-0.1, -0.05) is 42.5 Å². The van der Waals surface area contributed by atoms with Crippen molar-refractivity contribution in [3.05, 3.63) is 103 Å². The van der Waals surface area contributed by atoms with Crippen LogP contribution >= 0.6 is 0 Å². The zero-order valence-electron chi connectivity index (χ0n) is 20.8. The van der Waals surface area contributed by atoms with Gasteiger partial charge in [0.15, 0.2) is 0 Å². The molecule has 188 valence electrons. The van der Waals surface area contributed by atoms with E-state index in [9.17, 15) is 14.4 Å². The highest BCUT2D eigenvalue weighted by Gasteiger charge is 2.13. The van der Waals surface area contributed by atoms with E-state index in [0.717, 1.165) is 43.4 Å². The van der Waals surface area contributed by atoms with Crippen LogP contribution in [0.1, 0.15) is 0 Å². The highest BCUT2D eigenvalue weighted by Crippen LogP contribution is 2.40. The summed E-state index contributed by atoms with van der Waals surface area (Å²) in [6.45, 7) is 0. The molecule has 0 atom stereocenters. The number of hydrogen-bond acceptors (Lipinski definition) is 7. The molecule has 6 rings (SSSR count). The molecule has 7 heteroatoms. The van der Waals surface area contributed by atoms with Gasteiger partial charge in [-0.05, 0) is 98.5 Å². The van der Waals surface area contributed by atoms with E-state index in [1.807, 2.05) is 72.8 Å². The minimum absolute atomic E-state index is 0.468. The van der Waals surface area contributed by atoms with Gasteiger partial charge in [0.25, 0.3) is 0 Å². The summed E-state index contributed by atoms with van der Waals surface area (Å²) in [4.78, 5) is 44.1. The minimum atomic E-state index is 0.468. The quantitative estimate of drug-likeness (QED) is 0.163. The Balaban J connectivity index is 1.48. The van der Waals surface area contributed by atoms with Crippen LogP contribution in [0.3, 0.4) is 0 Å². The number of hydrogen-bond donors (Lipinski definition) is 0. The molecule has 0 N–H and O–H groups in total. The molecular weight excluding hydrogens is 502 g/mol. The second-order valence-corrected chi connectivity index (χ2v) is 8.99. The first-order valence-corrected chi connectivity index (χ1v) is 12.2. The lowest BCUT2D eigenvalue weighted by atomic mass is 9.94. The summed E-state index contributed by atoms with van der Waals surface area (Å²) in [5.41, 5.74) is 3.05. The van der Waals surface area contributed by atoms with Crippen molar-refractivity contribution in [1.82, 2.24) is 0 Å². The summed E-state index contributed by atoms with van der Waals surface area (Å²) in [5, 5.41) is 5.45. The predicted octanol–water partition coefficient (Wildman–Crippen LogP) is 8.51. The molecule has 6 aromatic carbocycles. The molecule has 6 aromatic rings. The Hall–Kier alpha value is -5.96. The minimum Gasteiger partial charge on any atom is -0.457 e.